The molecule has 0 amide bonds. The van der Waals surface area contributed by atoms with Gasteiger partial charge in [-0.1, -0.05) is 0 Å². The molecule has 4 heterocycles. The predicted octanol–water partition coefficient (Wildman–Crippen LogP) is 5.18. The zero-order chi connectivity index (χ0) is 29.6. The van der Waals surface area contributed by atoms with E-state index in [-0.39, 0.29) is 17.2 Å². The highest BCUT2D eigenvalue weighted by molar-refractivity contribution is 5.95. The summed E-state index contributed by atoms with van der Waals surface area (Å²) in [5.74, 6) is 2.52. The number of benzene rings is 2. The van der Waals surface area contributed by atoms with Crippen LogP contribution in [-0.4, -0.2) is 77.4 Å². The van der Waals surface area contributed by atoms with Crippen LogP contribution in [0, 0.1) is 11.2 Å². The number of halogens is 1. The molecule has 1 saturated carbocycles. The molecule has 7 rings (SSSR count). The van der Waals surface area contributed by atoms with Gasteiger partial charge in [0.05, 0.1) is 30.1 Å². The monoisotopic (exact) mass is 585 g/mol. The van der Waals surface area contributed by atoms with Gasteiger partial charge in [-0.15, -0.1) is 0 Å². The fourth-order valence-corrected chi connectivity index (χ4v) is 6.52. The van der Waals surface area contributed by atoms with Crippen molar-refractivity contribution in [1.82, 2.24) is 19.9 Å². The number of nitrogens with one attached hydrogen (secondary N) is 2. The summed E-state index contributed by atoms with van der Waals surface area (Å²) in [6, 6.07) is 12.5. The first kappa shape index (κ1) is 27.6. The molecule has 3 N–H and O–H groups in total. The van der Waals surface area contributed by atoms with Crippen LogP contribution >= 0.6 is 0 Å². The third kappa shape index (κ3) is 5.62. The second-order valence-corrected chi connectivity index (χ2v) is 12.2. The minimum Gasteiger partial charge on any atom is -0.495 e. The highest BCUT2D eigenvalue weighted by Gasteiger charge is 2.52. The number of fused-ring (bicyclic) bond motifs is 1. The molecule has 0 radical (unpaired) electrons. The van der Waals surface area contributed by atoms with Gasteiger partial charge < -0.3 is 35.0 Å². The van der Waals surface area contributed by atoms with Crippen molar-refractivity contribution in [1.29, 1.82) is 0 Å². The molecule has 1 aliphatic carbocycles. The van der Waals surface area contributed by atoms with E-state index in [1.54, 1.807) is 31.5 Å². The quantitative estimate of drug-likeness (QED) is 0.256. The Hall–Kier alpha value is -4.22. The summed E-state index contributed by atoms with van der Waals surface area (Å²) >= 11 is 0. The van der Waals surface area contributed by atoms with Crippen LogP contribution in [0.2, 0.25) is 0 Å². The van der Waals surface area contributed by atoms with Crippen molar-refractivity contribution >= 4 is 33.9 Å². The van der Waals surface area contributed by atoms with Crippen LogP contribution < -0.4 is 25.0 Å². The van der Waals surface area contributed by atoms with E-state index in [2.05, 4.69) is 42.4 Å². The van der Waals surface area contributed by atoms with Gasteiger partial charge in [-0.05, 0) is 70.1 Å². The van der Waals surface area contributed by atoms with E-state index in [4.69, 9.17) is 9.47 Å². The molecule has 0 bridgehead atoms. The minimum atomic E-state index is -0.468. The smallest absolute Gasteiger partial charge is 0.150 e. The number of rotatable bonds is 8. The summed E-state index contributed by atoms with van der Waals surface area (Å²) in [6.07, 6.45) is 6.78. The van der Waals surface area contributed by atoms with Crippen molar-refractivity contribution in [3.05, 3.63) is 60.8 Å². The van der Waals surface area contributed by atoms with Gasteiger partial charge in [0, 0.05) is 54.3 Å². The number of aromatic nitrogens is 3. The maximum absolute atomic E-state index is 15.3. The zero-order valence-corrected chi connectivity index (χ0v) is 24.4. The second-order valence-electron chi connectivity index (χ2n) is 12.2. The van der Waals surface area contributed by atoms with Gasteiger partial charge in [0.15, 0.2) is 0 Å². The number of ether oxygens (including phenoxy) is 2. The molecule has 10 nitrogen and oxygen atoms in total. The Labute approximate surface area is 249 Å². The third-order valence-electron chi connectivity index (χ3n) is 8.89. The lowest BCUT2D eigenvalue weighted by Crippen LogP contribution is -2.64. The number of nitrogens with zero attached hydrogens (tertiary/aromatic N) is 5. The Morgan fingerprint density at radius 1 is 0.977 bits per heavy atom. The van der Waals surface area contributed by atoms with Crippen molar-refractivity contribution in [2.24, 2.45) is 5.41 Å². The lowest BCUT2D eigenvalue weighted by molar-refractivity contribution is -0.0494. The van der Waals surface area contributed by atoms with Crippen LogP contribution in [0.15, 0.2) is 55.0 Å². The fourth-order valence-electron chi connectivity index (χ4n) is 6.52. The van der Waals surface area contributed by atoms with E-state index >= 15 is 4.39 Å². The third-order valence-corrected chi connectivity index (χ3v) is 8.89. The van der Waals surface area contributed by atoms with Gasteiger partial charge in [0.25, 0.3) is 0 Å². The largest absolute Gasteiger partial charge is 0.495 e. The first-order chi connectivity index (χ1) is 20.9. The predicted molar refractivity (Wildman–Crippen MR) is 164 cm³/mol. The van der Waals surface area contributed by atoms with Crippen molar-refractivity contribution in [2.45, 2.75) is 37.8 Å². The van der Waals surface area contributed by atoms with Crippen LogP contribution in [0.25, 0.3) is 10.9 Å². The molecule has 0 unspecified atom stereocenters. The van der Waals surface area contributed by atoms with Crippen LogP contribution in [-0.2, 0) is 0 Å². The van der Waals surface area contributed by atoms with Gasteiger partial charge in [-0.25, -0.2) is 19.3 Å². The molecule has 4 aromatic rings. The molecule has 0 atom stereocenters. The summed E-state index contributed by atoms with van der Waals surface area (Å²) in [5.41, 5.74) is 2.06. The van der Waals surface area contributed by atoms with Gasteiger partial charge in [-0.3, -0.25) is 0 Å². The lowest BCUT2D eigenvalue weighted by atomic mass is 9.62. The van der Waals surface area contributed by atoms with Crippen molar-refractivity contribution in [3.8, 4) is 17.2 Å². The topological polar surface area (TPSA) is 108 Å². The van der Waals surface area contributed by atoms with Crippen molar-refractivity contribution in [2.75, 3.05) is 55.9 Å². The van der Waals surface area contributed by atoms with Crippen LogP contribution in [0.5, 0.6) is 17.2 Å². The molecule has 2 aromatic carbocycles. The zero-order valence-electron chi connectivity index (χ0n) is 24.4. The van der Waals surface area contributed by atoms with Crippen LogP contribution in [0.4, 0.5) is 27.4 Å². The molecule has 2 aliphatic heterocycles. The number of anilines is 4. The first-order valence-corrected chi connectivity index (χ1v) is 14.8. The average Bonchev–Trinajstić information content (AvgIpc) is 2.97. The number of pyridine rings is 1. The summed E-state index contributed by atoms with van der Waals surface area (Å²) < 4.78 is 27.0. The number of aliphatic hydroxyl groups is 1. The van der Waals surface area contributed by atoms with Crippen LogP contribution in [0.1, 0.15) is 25.7 Å². The van der Waals surface area contributed by atoms with Gasteiger partial charge in [0.2, 0.25) is 0 Å². The highest BCUT2D eigenvalue weighted by atomic mass is 19.1. The molecule has 3 fully saturated rings. The standard InChI is InChI=1S/C32H36FN7O3/c1-39-9-6-20(7-10-39)37-28-13-24-27(14-29(28)42-2)35-19-36-31(24)38-26-4-3-22(11-25(26)33)43-23-5-8-34-30(12-23)40-17-32(18-40)15-21(41)16-32/h3-5,8,11-14,19-21,37,41H,6-7,9-10,15-18H2,1-2H3,(H,35,36,38). The highest BCUT2D eigenvalue weighted by Crippen LogP contribution is 2.49. The maximum Gasteiger partial charge on any atom is 0.150 e. The fraction of sp³-hybridized carbons (Fsp3) is 0.406. The molecule has 2 saturated heterocycles. The first-order valence-electron chi connectivity index (χ1n) is 14.8. The van der Waals surface area contributed by atoms with Gasteiger partial charge >= 0.3 is 0 Å². The number of aliphatic hydroxyl groups excluding tert-OH is 1. The Morgan fingerprint density at radius 3 is 2.51 bits per heavy atom. The number of likely N-dealkylation sites (tertiary alicyclic amines) is 1. The molecule has 224 valence electrons. The summed E-state index contributed by atoms with van der Waals surface area (Å²) in [7, 11) is 3.79. The summed E-state index contributed by atoms with van der Waals surface area (Å²) in [4.78, 5) is 17.8. The van der Waals surface area contributed by atoms with E-state index in [1.165, 1.54) is 12.4 Å². The van der Waals surface area contributed by atoms with E-state index in [0.29, 0.717) is 34.6 Å². The average molecular weight is 586 g/mol. The van der Waals surface area contributed by atoms with E-state index in [9.17, 15) is 5.11 Å². The maximum atomic E-state index is 15.3. The number of hydrogen-bond donors (Lipinski definition) is 3. The normalized spacial score (nSPS) is 18.7. The lowest BCUT2D eigenvalue weighted by Gasteiger charge is -2.58. The van der Waals surface area contributed by atoms with Crippen LogP contribution in [0.3, 0.4) is 0 Å². The Balaban J connectivity index is 1.06. The second kappa shape index (κ2) is 11.1. The Kier molecular flexibility index (Phi) is 7.14. The van der Waals surface area contributed by atoms with E-state index < -0.39 is 5.82 Å². The number of piperidine rings is 1. The number of methoxy groups -OCH3 is 1. The summed E-state index contributed by atoms with van der Waals surface area (Å²) in [5, 5.41) is 17.2. The molecule has 2 aromatic heterocycles. The molecular weight excluding hydrogens is 549 g/mol. The molecular formula is C32H36FN7O3. The van der Waals surface area contributed by atoms with Gasteiger partial charge in [0.1, 0.15) is 41.0 Å². The van der Waals surface area contributed by atoms with E-state index in [0.717, 1.165) is 68.8 Å². The molecule has 3 aliphatic rings. The van der Waals surface area contributed by atoms with Gasteiger partial charge in [-0.2, -0.15) is 0 Å². The Morgan fingerprint density at radius 2 is 1.77 bits per heavy atom. The van der Waals surface area contributed by atoms with E-state index in [1.807, 2.05) is 18.2 Å². The molecule has 11 heteroatoms. The summed E-state index contributed by atoms with van der Waals surface area (Å²) in [6.45, 7) is 3.84. The van der Waals surface area contributed by atoms with Crippen molar-refractivity contribution < 1.29 is 19.0 Å². The number of hydrogen-bond acceptors (Lipinski definition) is 10. The van der Waals surface area contributed by atoms with Crippen molar-refractivity contribution in [3.63, 3.8) is 0 Å². The Bertz CT molecular complexity index is 1630. The SMILES string of the molecule is COc1cc2ncnc(Nc3ccc(Oc4ccnc(N5CC6(CC(O)C6)C5)c4)cc3F)c2cc1NC1CCN(C)CC1. The minimum absolute atomic E-state index is 0.169. The molecule has 43 heavy (non-hydrogen) atoms. The molecule has 1 spiro atoms.